The minimum absolute atomic E-state index is 0.138. The molecule has 0 radical (unpaired) electrons. The van der Waals surface area contributed by atoms with Crippen molar-refractivity contribution < 1.29 is 13.9 Å². The first-order valence-corrected chi connectivity index (χ1v) is 11.1. The van der Waals surface area contributed by atoms with Gasteiger partial charge in [0.2, 0.25) is 0 Å². The summed E-state index contributed by atoms with van der Waals surface area (Å²) in [7, 11) is 0. The zero-order valence-electron chi connectivity index (χ0n) is 18.0. The molecule has 1 aromatic carbocycles. The van der Waals surface area contributed by atoms with Crippen molar-refractivity contribution in [2.45, 2.75) is 31.7 Å². The predicted octanol–water partition coefficient (Wildman–Crippen LogP) is 3.07. The van der Waals surface area contributed by atoms with E-state index in [-0.39, 0.29) is 23.3 Å². The van der Waals surface area contributed by atoms with Gasteiger partial charge in [-0.05, 0) is 62.4 Å². The van der Waals surface area contributed by atoms with Crippen molar-refractivity contribution in [1.82, 2.24) is 14.7 Å². The summed E-state index contributed by atoms with van der Waals surface area (Å²) in [5.74, 6) is -0.188. The van der Waals surface area contributed by atoms with Crippen LogP contribution >= 0.6 is 0 Å². The molecule has 2 aliphatic heterocycles. The normalized spacial score (nSPS) is 22.4. The molecule has 0 saturated carbocycles. The Morgan fingerprint density at radius 2 is 2.03 bits per heavy atom. The maximum absolute atomic E-state index is 13.2. The average molecular weight is 441 g/mol. The lowest BCUT2D eigenvalue weighted by atomic mass is 9.92. The third-order valence-electron chi connectivity index (χ3n) is 6.46. The fourth-order valence-electron chi connectivity index (χ4n) is 4.56. The molecule has 9 heteroatoms. The zero-order chi connectivity index (χ0) is 22.5. The highest BCUT2D eigenvalue weighted by molar-refractivity contribution is 5.98. The minimum atomic E-state index is -0.608. The SMILES string of the molecule is N#C[C@@H]1CN(CCC2CCOCC2)CC[C@@H]1n1cc(C(N)=O)c(Nc2ccc(F)cc2)n1. The van der Waals surface area contributed by atoms with Crippen molar-refractivity contribution >= 4 is 17.4 Å². The van der Waals surface area contributed by atoms with Crippen molar-refractivity contribution in [2.75, 3.05) is 38.2 Å². The highest BCUT2D eigenvalue weighted by Crippen LogP contribution is 2.31. The van der Waals surface area contributed by atoms with Gasteiger partial charge in [-0.15, -0.1) is 0 Å². The molecule has 0 bridgehead atoms. The molecule has 2 fully saturated rings. The van der Waals surface area contributed by atoms with E-state index >= 15 is 0 Å². The standard InChI is InChI=1S/C23H29FN6O2/c24-18-1-3-19(4-2-18)27-23-20(22(26)31)15-30(28-23)21-6-10-29(14-17(21)13-25)9-5-16-7-11-32-12-8-16/h1-4,15-17,21H,5-12,14H2,(H2,26,31)(H,27,28)/t17-,21+/m1/s1. The summed E-state index contributed by atoms with van der Waals surface area (Å²) in [6.07, 6.45) is 5.74. The number of carbonyl (C=O) groups excluding carboxylic acids is 1. The van der Waals surface area contributed by atoms with Crippen LogP contribution in [0.15, 0.2) is 30.5 Å². The van der Waals surface area contributed by atoms with E-state index in [4.69, 9.17) is 10.5 Å². The number of nitrogens with one attached hydrogen (secondary N) is 1. The number of aromatic nitrogens is 2. The largest absolute Gasteiger partial charge is 0.381 e. The average Bonchev–Trinajstić information content (AvgIpc) is 3.23. The highest BCUT2D eigenvalue weighted by Gasteiger charge is 2.32. The molecule has 0 aliphatic carbocycles. The van der Waals surface area contributed by atoms with E-state index in [1.807, 2.05) is 0 Å². The fraction of sp³-hybridized carbons (Fsp3) is 0.522. The molecule has 170 valence electrons. The lowest BCUT2D eigenvalue weighted by Gasteiger charge is -2.36. The van der Waals surface area contributed by atoms with Crippen LogP contribution in [0.2, 0.25) is 0 Å². The molecule has 2 aliphatic rings. The van der Waals surface area contributed by atoms with Gasteiger partial charge in [-0.3, -0.25) is 9.48 Å². The molecule has 3 N–H and O–H groups in total. The number of ether oxygens (including phenoxy) is 1. The lowest BCUT2D eigenvalue weighted by Crippen LogP contribution is -2.42. The third kappa shape index (κ3) is 5.26. The number of nitriles is 1. The molecule has 0 unspecified atom stereocenters. The van der Waals surface area contributed by atoms with Gasteiger partial charge < -0.3 is 20.7 Å². The van der Waals surface area contributed by atoms with E-state index in [9.17, 15) is 14.4 Å². The summed E-state index contributed by atoms with van der Waals surface area (Å²) in [4.78, 5) is 14.3. The second kappa shape index (κ2) is 10.1. The van der Waals surface area contributed by atoms with Crippen LogP contribution in [0.1, 0.15) is 42.1 Å². The Hall–Kier alpha value is -2.96. The number of primary amides is 1. The van der Waals surface area contributed by atoms with Gasteiger partial charge in [0, 0.05) is 38.2 Å². The summed E-state index contributed by atoms with van der Waals surface area (Å²) < 4.78 is 20.3. The second-order valence-corrected chi connectivity index (χ2v) is 8.60. The Morgan fingerprint density at radius 1 is 1.28 bits per heavy atom. The van der Waals surface area contributed by atoms with Gasteiger partial charge in [0.25, 0.3) is 5.91 Å². The molecule has 1 amide bonds. The van der Waals surface area contributed by atoms with Gasteiger partial charge in [-0.1, -0.05) is 0 Å². The number of anilines is 2. The topological polar surface area (TPSA) is 109 Å². The van der Waals surface area contributed by atoms with Gasteiger partial charge in [-0.2, -0.15) is 10.4 Å². The Bertz CT molecular complexity index is 964. The molecular weight excluding hydrogens is 411 g/mol. The monoisotopic (exact) mass is 440 g/mol. The number of piperidine rings is 1. The number of likely N-dealkylation sites (tertiary alicyclic amines) is 1. The summed E-state index contributed by atoms with van der Waals surface area (Å²) in [6, 6.07) is 8.07. The van der Waals surface area contributed by atoms with Crippen LogP contribution in [0.5, 0.6) is 0 Å². The second-order valence-electron chi connectivity index (χ2n) is 8.60. The Kier molecular flexibility index (Phi) is 7.02. The Morgan fingerprint density at radius 3 is 2.72 bits per heavy atom. The Balaban J connectivity index is 1.43. The van der Waals surface area contributed by atoms with Crippen LogP contribution in [0.25, 0.3) is 0 Å². The molecule has 4 rings (SSSR count). The van der Waals surface area contributed by atoms with E-state index in [0.717, 1.165) is 52.0 Å². The minimum Gasteiger partial charge on any atom is -0.381 e. The smallest absolute Gasteiger partial charge is 0.254 e. The number of hydrogen-bond donors (Lipinski definition) is 2. The number of carbonyl (C=O) groups is 1. The van der Waals surface area contributed by atoms with Gasteiger partial charge in [0.05, 0.1) is 18.0 Å². The van der Waals surface area contributed by atoms with Gasteiger partial charge in [0.15, 0.2) is 5.82 Å². The number of benzene rings is 1. The van der Waals surface area contributed by atoms with Crippen molar-refractivity contribution in [3.05, 3.63) is 41.8 Å². The zero-order valence-corrected chi connectivity index (χ0v) is 18.0. The Labute approximate surface area is 187 Å². The molecule has 8 nitrogen and oxygen atoms in total. The highest BCUT2D eigenvalue weighted by atomic mass is 19.1. The van der Waals surface area contributed by atoms with Crippen LogP contribution < -0.4 is 11.1 Å². The van der Waals surface area contributed by atoms with E-state index < -0.39 is 5.91 Å². The number of nitrogens with two attached hydrogens (primary N) is 1. The molecule has 2 atom stereocenters. The van der Waals surface area contributed by atoms with Crippen LogP contribution in [0.3, 0.4) is 0 Å². The van der Waals surface area contributed by atoms with Crippen molar-refractivity contribution in [2.24, 2.45) is 17.6 Å². The molecule has 1 aromatic heterocycles. The molecule has 32 heavy (non-hydrogen) atoms. The van der Waals surface area contributed by atoms with E-state index in [0.29, 0.717) is 24.0 Å². The summed E-state index contributed by atoms with van der Waals surface area (Å²) in [5.41, 5.74) is 6.40. The predicted molar refractivity (Wildman–Crippen MR) is 118 cm³/mol. The molecule has 3 heterocycles. The number of hydrogen-bond acceptors (Lipinski definition) is 6. The van der Waals surface area contributed by atoms with Gasteiger partial charge >= 0.3 is 0 Å². The van der Waals surface area contributed by atoms with Crippen molar-refractivity contribution in [3.8, 4) is 6.07 Å². The van der Waals surface area contributed by atoms with Crippen molar-refractivity contribution in [1.29, 1.82) is 5.26 Å². The maximum atomic E-state index is 13.2. The quantitative estimate of drug-likeness (QED) is 0.685. The first-order valence-electron chi connectivity index (χ1n) is 11.1. The molecular formula is C23H29FN6O2. The van der Waals surface area contributed by atoms with Crippen LogP contribution in [-0.2, 0) is 4.74 Å². The summed E-state index contributed by atoms with van der Waals surface area (Å²) >= 11 is 0. The van der Waals surface area contributed by atoms with E-state index in [2.05, 4.69) is 21.4 Å². The van der Waals surface area contributed by atoms with Gasteiger partial charge in [0.1, 0.15) is 11.4 Å². The number of rotatable bonds is 7. The number of nitrogens with zero attached hydrogens (tertiary/aromatic N) is 4. The van der Waals surface area contributed by atoms with E-state index in [1.165, 1.54) is 12.1 Å². The fourth-order valence-corrected chi connectivity index (χ4v) is 4.56. The van der Waals surface area contributed by atoms with Crippen LogP contribution in [0.4, 0.5) is 15.9 Å². The van der Waals surface area contributed by atoms with E-state index in [1.54, 1.807) is 23.0 Å². The third-order valence-corrected chi connectivity index (χ3v) is 6.46. The van der Waals surface area contributed by atoms with Crippen molar-refractivity contribution in [3.63, 3.8) is 0 Å². The lowest BCUT2D eigenvalue weighted by molar-refractivity contribution is 0.0564. The van der Waals surface area contributed by atoms with Crippen LogP contribution in [-0.4, -0.2) is 53.4 Å². The maximum Gasteiger partial charge on any atom is 0.254 e. The van der Waals surface area contributed by atoms with Crippen LogP contribution in [0, 0.1) is 29.0 Å². The summed E-state index contributed by atoms with van der Waals surface area (Å²) in [6.45, 7) is 4.24. The number of amides is 1. The molecule has 2 aromatic rings. The summed E-state index contributed by atoms with van der Waals surface area (Å²) in [5, 5.41) is 17.4. The van der Waals surface area contributed by atoms with Gasteiger partial charge in [-0.25, -0.2) is 4.39 Å². The first-order chi connectivity index (χ1) is 15.5. The molecule has 0 spiro atoms. The molecule has 2 saturated heterocycles. The first kappa shape index (κ1) is 22.2. The number of halogens is 1.